The van der Waals surface area contributed by atoms with E-state index in [0.29, 0.717) is 18.6 Å². The maximum Gasteiger partial charge on any atom is 0.340 e. The van der Waals surface area contributed by atoms with Gasteiger partial charge in [-0.25, -0.2) is 4.79 Å². The van der Waals surface area contributed by atoms with Crippen LogP contribution in [0.2, 0.25) is 0 Å². The van der Waals surface area contributed by atoms with Gasteiger partial charge in [-0.05, 0) is 30.7 Å². The van der Waals surface area contributed by atoms with Crippen LogP contribution in [0.25, 0.3) is 0 Å². The molecule has 10 nitrogen and oxygen atoms in total. The molecule has 0 radical (unpaired) electrons. The van der Waals surface area contributed by atoms with Crippen LogP contribution in [-0.4, -0.2) is 51.5 Å². The Morgan fingerprint density at radius 3 is 2.58 bits per heavy atom. The molecule has 1 aliphatic rings. The number of hydrogen-bond acceptors (Lipinski definition) is 8. The minimum atomic E-state index is -1.40. The van der Waals surface area contributed by atoms with Crippen molar-refractivity contribution in [1.29, 1.82) is 0 Å². The lowest BCUT2D eigenvalue weighted by Crippen LogP contribution is -2.46. The number of halogens is 1. The van der Waals surface area contributed by atoms with E-state index >= 15 is 0 Å². The van der Waals surface area contributed by atoms with Crippen molar-refractivity contribution in [2.75, 3.05) is 13.2 Å². The van der Waals surface area contributed by atoms with Crippen molar-refractivity contribution >= 4 is 11.9 Å². The molecule has 178 valence electrons. The number of aliphatic hydroxyl groups excluding tert-OH is 1. The molecule has 1 unspecified atom stereocenters. The Morgan fingerprint density at radius 1 is 1.24 bits per heavy atom. The minimum absolute atomic E-state index is 0.0192. The van der Waals surface area contributed by atoms with Crippen molar-refractivity contribution in [3.05, 3.63) is 62.7 Å². The van der Waals surface area contributed by atoms with E-state index in [4.69, 9.17) is 14.2 Å². The number of nitrogens with zero attached hydrogens (tertiary/aromatic N) is 2. The van der Waals surface area contributed by atoms with E-state index in [1.165, 1.54) is 31.2 Å². The minimum Gasteiger partial charge on any atom is -0.494 e. The molecule has 3 rings (SSSR count). The van der Waals surface area contributed by atoms with Crippen molar-refractivity contribution in [3.8, 4) is 5.75 Å². The summed E-state index contributed by atoms with van der Waals surface area (Å²) in [5.41, 5.74) is -2.55. The normalized spacial score (nSPS) is 19.9. The van der Waals surface area contributed by atoms with Gasteiger partial charge in [0.1, 0.15) is 24.7 Å². The van der Waals surface area contributed by atoms with E-state index < -0.39 is 47.4 Å². The molecule has 0 bridgehead atoms. The van der Waals surface area contributed by atoms with E-state index in [9.17, 15) is 28.7 Å². The number of hydrogen-bond donors (Lipinski definition) is 1. The summed E-state index contributed by atoms with van der Waals surface area (Å²) in [5.74, 6) is -2.44. The molecule has 1 fully saturated rings. The molecule has 1 aliphatic heterocycles. The molecule has 33 heavy (non-hydrogen) atoms. The van der Waals surface area contributed by atoms with Gasteiger partial charge < -0.3 is 19.3 Å². The van der Waals surface area contributed by atoms with Crippen LogP contribution < -0.4 is 16.0 Å². The summed E-state index contributed by atoms with van der Waals surface area (Å²) in [4.78, 5) is 49.1. The first-order valence-electron chi connectivity index (χ1n) is 10.5. The van der Waals surface area contributed by atoms with Crippen LogP contribution in [0.15, 0.2) is 40.1 Å². The SMILES string of the molecule is CCCCOc1ccc(C(=O)n2c(=O)c(F)cn([C@@H]3CC(O)[C@H](COC(C)=O)O3)c2=O)cc1. The Kier molecular flexibility index (Phi) is 7.77. The van der Waals surface area contributed by atoms with Crippen molar-refractivity contribution < 1.29 is 33.3 Å². The predicted octanol–water partition coefficient (Wildman–Crippen LogP) is 1.23. The van der Waals surface area contributed by atoms with Gasteiger partial charge in [0.25, 0.3) is 11.5 Å². The quantitative estimate of drug-likeness (QED) is 0.457. The largest absolute Gasteiger partial charge is 0.494 e. The number of aromatic nitrogens is 2. The summed E-state index contributed by atoms with van der Waals surface area (Å²) in [5, 5.41) is 10.1. The van der Waals surface area contributed by atoms with E-state index in [0.717, 1.165) is 17.4 Å². The van der Waals surface area contributed by atoms with Gasteiger partial charge in [-0.3, -0.25) is 19.0 Å². The zero-order valence-electron chi connectivity index (χ0n) is 18.2. The first kappa shape index (κ1) is 24.3. The zero-order valence-corrected chi connectivity index (χ0v) is 18.2. The average Bonchev–Trinajstić information content (AvgIpc) is 3.15. The summed E-state index contributed by atoms with van der Waals surface area (Å²) in [6.07, 6.45) is -0.926. The molecule has 1 N–H and O–H groups in total. The number of unbranched alkanes of at least 4 members (excludes halogenated alkanes) is 1. The number of carbonyl (C=O) groups excluding carboxylic acids is 2. The Labute approximate surface area is 188 Å². The number of benzene rings is 1. The lowest BCUT2D eigenvalue weighted by molar-refractivity contribution is -0.147. The lowest BCUT2D eigenvalue weighted by Gasteiger charge is -2.17. The van der Waals surface area contributed by atoms with Crippen LogP contribution in [0.5, 0.6) is 5.75 Å². The van der Waals surface area contributed by atoms with Crippen LogP contribution in [0, 0.1) is 5.82 Å². The van der Waals surface area contributed by atoms with Gasteiger partial charge in [-0.15, -0.1) is 0 Å². The highest BCUT2D eigenvalue weighted by Gasteiger charge is 2.37. The molecule has 3 atom stereocenters. The van der Waals surface area contributed by atoms with Gasteiger partial charge >= 0.3 is 11.7 Å². The Hall–Kier alpha value is -3.31. The molecule has 0 amide bonds. The predicted molar refractivity (Wildman–Crippen MR) is 113 cm³/mol. The highest BCUT2D eigenvalue weighted by molar-refractivity contribution is 5.95. The molecule has 0 spiro atoms. The number of rotatable bonds is 8. The smallest absolute Gasteiger partial charge is 0.340 e. The third-order valence-corrected chi connectivity index (χ3v) is 5.11. The third-order valence-electron chi connectivity index (χ3n) is 5.11. The Bertz CT molecular complexity index is 1120. The van der Waals surface area contributed by atoms with E-state index in [1.807, 2.05) is 6.92 Å². The van der Waals surface area contributed by atoms with Crippen molar-refractivity contribution in [2.24, 2.45) is 0 Å². The standard InChI is InChI=1S/C22H25FN2O8/c1-3-4-9-31-15-7-5-14(6-8-15)20(28)25-21(29)16(23)11-24(22(25)30)19-10-17(27)18(33-19)12-32-13(2)26/h5-8,11,17-19,27H,3-4,9-10,12H2,1-2H3/t17?,18-,19-/m0/s1. The first-order valence-corrected chi connectivity index (χ1v) is 10.5. The molecule has 11 heteroatoms. The van der Waals surface area contributed by atoms with Gasteiger partial charge in [-0.2, -0.15) is 8.96 Å². The molecule has 2 heterocycles. The zero-order chi connectivity index (χ0) is 24.1. The second-order valence-electron chi connectivity index (χ2n) is 7.57. The maximum atomic E-state index is 14.4. The van der Waals surface area contributed by atoms with Crippen molar-refractivity contribution in [2.45, 2.75) is 51.5 Å². The second kappa shape index (κ2) is 10.5. The highest BCUT2D eigenvalue weighted by atomic mass is 19.1. The van der Waals surface area contributed by atoms with E-state index in [1.54, 1.807) is 0 Å². The summed E-state index contributed by atoms with van der Waals surface area (Å²) < 4.78 is 31.1. The van der Waals surface area contributed by atoms with Gasteiger partial charge in [0, 0.05) is 18.9 Å². The molecule has 1 aromatic carbocycles. The fraction of sp³-hybridized carbons (Fsp3) is 0.455. The summed E-state index contributed by atoms with van der Waals surface area (Å²) in [6.45, 7) is 3.44. The van der Waals surface area contributed by atoms with Crippen LogP contribution >= 0.6 is 0 Å². The number of ether oxygens (including phenoxy) is 3. The molecule has 2 aromatic rings. The first-order chi connectivity index (χ1) is 15.7. The highest BCUT2D eigenvalue weighted by Crippen LogP contribution is 2.28. The fourth-order valence-electron chi connectivity index (χ4n) is 3.32. The summed E-state index contributed by atoms with van der Waals surface area (Å²) >= 11 is 0. The van der Waals surface area contributed by atoms with Crippen LogP contribution in [0.4, 0.5) is 4.39 Å². The van der Waals surface area contributed by atoms with Gasteiger partial charge in [0.15, 0.2) is 0 Å². The molecular formula is C22H25FN2O8. The molecule has 1 saturated heterocycles. The maximum absolute atomic E-state index is 14.4. The lowest BCUT2D eigenvalue weighted by atomic mass is 10.2. The van der Waals surface area contributed by atoms with Crippen molar-refractivity contribution in [1.82, 2.24) is 9.13 Å². The summed E-state index contributed by atoms with van der Waals surface area (Å²) in [7, 11) is 0. The Balaban J connectivity index is 1.87. The van der Waals surface area contributed by atoms with E-state index in [2.05, 4.69) is 0 Å². The molecule has 0 aliphatic carbocycles. The number of carbonyl (C=O) groups is 2. The van der Waals surface area contributed by atoms with Crippen LogP contribution in [-0.2, 0) is 14.3 Å². The van der Waals surface area contributed by atoms with Gasteiger partial charge in [-0.1, -0.05) is 13.3 Å². The summed E-state index contributed by atoms with van der Waals surface area (Å²) in [6, 6.07) is 5.77. The third kappa shape index (κ3) is 5.55. The van der Waals surface area contributed by atoms with E-state index in [-0.39, 0.29) is 23.2 Å². The van der Waals surface area contributed by atoms with Gasteiger partial charge in [0.2, 0.25) is 5.82 Å². The second-order valence-corrected chi connectivity index (χ2v) is 7.57. The monoisotopic (exact) mass is 464 g/mol. The Morgan fingerprint density at radius 2 is 1.94 bits per heavy atom. The van der Waals surface area contributed by atoms with Crippen LogP contribution in [0.3, 0.4) is 0 Å². The number of esters is 1. The fourth-order valence-corrected chi connectivity index (χ4v) is 3.32. The van der Waals surface area contributed by atoms with Crippen LogP contribution in [0.1, 0.15) is 49.7 Å². The average molecular weight is 464 g/mol. The van der Waals surface area contributed by atoms with Gasteiger partial charge in [0.05, 0.1) is 18.9 Å². The van der Waals surface area contributed by atoms with Crippen molar-refractivity contribution in [3.63, 3.8) is 0 Å². The number of aliphatic hydroxyl groups is 1. The molecular weight excluding hydrogens is 439 g/mol. The molecule has 1 aromatic heterocycles. The topological polar surface area (TPSA) is 126 Å². The molecule has 0 saturated carbocycles.